The van der Waals surface area contributed by atoms with E-state index in [1.54, 1.807) is 6.92 Å². The molecule has 0 aromatic heterocycles. The van der Waals surface area contributed by atoms with Crippen LogP contribution in [-0.2, 0) is 23.9 Å². The molecule has 0 rings (SSSR count). The van der Waals surface area contributed by atoms with E-state index in [1.165, 1.54) is 0 Å². The summed E-state index contributed by atoms with van der Waals surface area (Å²) in [6.45, 7) is 1.08. The highest BCUT2D eigenvalue weighted by Crippen LogP contribution is 1.92. The minimum absolute atomic E-state index is 0.0591. The predicted octanol–water partition coefficient (Wildman–Crippen LogP) is -1.35. The number of carboxylic acids is 1. The maximum absolute atomic E-state index is 11.2. The molecule has 0 atom stereocenters. The summed E-state index contributed by atoms with van der Waals surface area (Å²) in [5.74, 6) is -2.74. The van der Waals surface area contributed by atoms with Crippen LogP contribution in [-0.4, -0.2) is 48.6 Å². The van der Waals surface area contributed by atoms with Crippen LogP contribution in [0.4, 0.5) is 0 Å². The first kappa shape index (κ1) is 15.9. The number of carbonyl (C=O) groups excluding carboxylic acids is 3. The highest BCUT2D eigenvalue weighted by atomic mass is 16.5. The normalized spacial score (nSPS) is 9.39. The zero-order valence-electron chi connectivity index (χ0n) is 10.0. The van der Waals surface area contributed by atoms with Crippen LogP contribution >= 0.6 is 0 Å². The number of esters is 1. The molecule has 0 heterocycles. The van der Waals surface area contributed by atoms with Gasteiger partial charge < -0.3 is 20.5 Å². The minimum atomic E-state index is -1.17. The molecule has 0 aromatic carbocycles. The fraction of sp³-hybridized carbons (Fsp3) is 0.600. The van der Waals surface area contributed by atoms with Crippen molar-refractivity contribution < 1.29 is 29.0 Å². The van der Waals surface area contributed by atoms with E-state index < -0.39 is 30.3 Å². The van der Waals surface area contributed by atoms with Crippen molar-refractivity contribution in [2.24, 2.45) is 0 Å². The van der Waals surface area contributed by atoms with Gasteiger partial charge in [-0.25, -0.2) is 0 Å². The van der Waals surface area contributed by atoms with Gasteiger partial charge in [0.05, 0.1) is 19.6 Å². The lowest BCUT2D eigenvalue weighted by atomic mass is 10.3. The van der Waals surface area contributed by atoms with E-state index in [9.17, 15) is 19.2 Å². The van der Waals surface area contributed by atoms with Crippen LogP contribution in [0.1, 0.15) is 19.8 Å². The zero-order chi connectivity index (χ0) is 14.0. The summed E-state index contributed by atoms with van der Waals surface area (Å²) < 4.78 is 4.62. The summed E-state index contributed by atoms with van der Waals surface area (Å²) in [7, 11) is 0. The molecule has 2 amide bonds. The molecule has 0 unspecified atom stereocenters. The van der Waals surface area contributed by atoms with Gasteiger partial charge in [-0.3, -0.25) is 19.2 Å². The second kappa shape index (κ2) is 8.97. The molecular weight excluding hydrogens is 244 g/mol. The van der Waals surface area contributed by atoms with E-state index in [4.69, 9.17) is 5.11 Å². The first-order valence-electron chi connectivity index (χ1n) is 5.36. The van der Waals surface area contributed by atoms with Gasteiger partial charge >= 0.3 is 11.9 Å². The second-order valence-corrected chi connectivity index (χ2v) is 3.25. The molecule has 0 aliphatic carbocycles. The van der Waals surface area contributed by atoms with Gasteiger partial charge in [0.15, 0.2) is 0 Å². The first-order chi connectivity index (χ1) is 8.45. The fourth-order valence-corrected chi connectivity index (χ4v) is 0.953. The lowest BCUT2D eigenvalue weighted by molar-refractivity contribution is -0.144. The third-order valence-electron chi connectivity index (χ3n) is 1.74. The molecule has 0 spiro atoms. The lowest BCUT2D eigenvalue weighted by Crippen LogP contribution is -2.39. The van der Waals surface area contributed by atoms with E-state index in [0.29, 0.717) is 0 Å². The molecule has 0 aromatic rings. The van der Waals surface area contributed by atoms with Crippen LogP contribution < -0.4 is 10.6 Å². The molecule has 3 N–H and O–H groups in total. The zero-order valence-corrected chi connectivity index (χ0v) is 10.0. The molecular formula is C10H16N2O6. The van der Waals surface area contributed by atoms with Crippen LogP contribution in [0.15, 0.2) is 0 Å². The molecule has 8 heteroatoms. The predicted molar refractivity (Wildman–Crippen MR) is 59.5 cm³/mol. The highest BCUT2D eigenvalue weighted by molar-refractivity contribution is 5.87. The Bertz CT molecular complexity index is 328. The third-order valence-corrected chi connectivity index (χ3v) is 1.74. The number of nitrogens with one attached hydrogen (secondary N) is 2. The number of hydrogen-bond acceptors (Lipinski definition) is 5. The third kappa shape index (κ3) is 9.13. The molecule has 8 nitrogen and oxygen atoms in total. The number of hydrogen-bond donors (Lipinski definition) is 3. The van der Waals surface area contributed by atoms with E-state index in [0.717, 1.165) is 0 Å². The highest BCUT2D eigenvalue weighted by Gasteiger charge is 2.09. The molecule has 0 saturated heterocycles. The van der Waals surface area contributed by atoms with Gasteiger partial charge in [-0.15, -0.1) is 0 Å². The van der Waals surface area contributed by atoms with Crippen molar-refractivity contribution in [1.82, 2.24) is 10.6 Å². The SMILES string of the molecule is CCOC(=O)CCC(=O)NCC(=O)NCC(=O)O. The maximum atomic E-state index is 11.2. The summed E-state index contributed by atoms with van der Waals surface area (Å²) in [4.78, 5) is 43.2. The molecule has 0 fully saturated rings. The second-order valence-electron chi connectivity index (χ2n) is 3.25. The van der Waals surface area contributed by atoms with Gasteiger partial charge in [0.1, 0.15) is 6.54 Å². The first-order valence-corrected chi connectivity index (χ1v) is 5.36. The summed E-state index contributed by atoms with van der Waals surface area (Å²) in [5, 5.41) is 12.6. The Hall–Kier alpha value is -2.12. The van der Waals surface area contributed by atoms with Gasteiger partial charge in [-0.1, -0.05) is 0 Å². The van der Waals surface area contributed by atoms with Crippen LogP contribution in [0.25, 0.3) is 0 Å². The number of aliphatic carboxylic acids is 1. The monoisotopic (exact) mass is 260 g/mol. The smallest absolute Gasteiger partial charge is 0.322 e. The van der Waals surface area contributed by atoms with E-state index in [1.807, 2.05) is 0 Å². The maximum Gasteiger partial charge on any atom is 0.322 e. The van der Waals surface area contributed by atoms with Gasteiger partial charge in [0.2, 0.25) is 11.8 Å². The number of rotatable bonds is 8. The van der Waals surface area contributed by atoms with Gasteiger partial charge in [0.25, 0.3) is 0 Å². The average Bonchev–Trinajstić information content (AvgIpc) is 2.31. The number of amides is 2. The Morgan fingerprint density at radius 1 is 1.00 bits per heavy atom. The summed E-state index contributed by atoms with van der Waals surface area (Å²) >= 11 is 0. The number of ether oxygens (including phenoxy) is 1. The Kier molecular flexibility index (Phi) is 7.91. The van der Waals surface area contributed by atoms with Crippen molar-refractivity contribution >= 4 is 23.8 Å². The van der Waals surface area contributed by atoms with Gasteiger partial charge in [0, 0.05) is 6.42 Å². The molecule has 0 radical (unpaired) electrons. The van der Waals surface area contributed by atoms with E-state index in [2.05, 4.69) is 15.4 Å². The van der Waals surface area contributed by atoms with Crippen LogP contribution in [0.5, 0.6) is 0 Å². The molecule has 0 aliphatic heterocycles. The minimum Gasteiger partial charge on any atom is -0.480 e. The fourth-order valence-electron chi connectivity index (χ4n) is 0.953. The average molecular weight is 260 g/mol. The van der Waals surface area contributed by atoms with Crippen molar-refractivity contribution in [2.45, 2.75) is 19.8 Å². The Balaban J connectivity index is 3.67. The summed E-state index contributed by atoms with van der Waals surface area (Å²) in [6.07, 6.45) is -0.137. The molecule has 102 valence electrons. The molecule has 0 bridgehead atoms. The van der Waals surface area contributed by atoms with Gasteiger partial charge in [-0.05, 0) is 6.92 Å². The largest absolute Gasteiger partial charge is 0.480 e. The number of carbonyl (C=O) groups is 4. The van der Waals surface area contributed by atoms with E-state index in [-0.39, 0.29) is 26.0 Å². The van der Waals surface area contributed by atoms with Crippen molar-refractivity contribution in [2.75, 3.05) is 19.7 Å². The van der Waals surface area contributed by atoms with Gasteiger partial charge in [-0.2, -0.15) is 0 Å². The van der Waals surface area contributed by atoms with Crippen LogP contribution in [0, 0.1) is 0 Å². The Morgan fingerprint density at radius 3 is 2.17 bits per heavy atom. The quantitative estimate of drug-likeness (QED) is 0.464. The summed E-state index contributed by atoms with van der Waals surface area (Å²) in [5.41, 5.74) is 0. The van der Waals surface area contributed by atoms with Crippen molar-refractivity contribution in [1.29, 1.82) is 0 Å². The molecule has 18 heavy (non-hydrogen) atoms. The Labute approximate surface area is 104 Å². The topological polar surface area (TPSA) is 122 Å². The molecule has 0 aliphatic rings. The van der Waals surface area contributed by atoms with Crippen molar-refractivity contribution in [3.05, 3.63) is 0 Å². The number of carboxylic acid groups (broad SMARTS) is 1. The molecule has 0 saturated carbocycles. The Morgan fingerprint density at radius 2 is 1.61 bits per heavy atom. The van der Waals surface area contributed by atoms with Crippen LogP contribution in [0.3, 0.4) is 0 Å². The summed E-state index contributed by atoms with van der Waals surface area (Å²) in [6, 6.07) is 0. The van der Waals surface area contributed by atoms with Crippen molar-refractivity contribution in [3.8, 4) is 0 Å². The van der Waals surface area contributed by atoms with Crippen LogP contribution in [0.2, 0.25) is 0 Å². The van der Waals surface area contributed by atoms with Crippen molar-refractivity contribution in [3.63, 3.8) is 0 Å². The lowest BCUT2D eigenvalue weighted by Gasteiger charge is -2.05. The standard InChI is InChI=1S/C10H16N2O6/c1-2-18-10(17)4-3-7(13)11-5-8(14)12-6-9(15)16/h2-6H2,1H3,(H,11,13)(H,12,14)(H,15,16). The van der Waals surface area contributed by atoms with E-state index >= 15 is 0 Å².